The van der Waals surface area contributed by atoms with Crippen molar-refractivity contribution in [2.24, 2.45) is 0 Å². The SMILES string of the molecule is Cc1ncc(-c2nc(Nc3ccc(C(=O)NCCN(C)C)cc3)ncc2F)n1C(C)C. The fraction of sp³-hybridized carbons (Fsp3) is 0.364. The third kappa shape index (κ3) is 5.43. The van der Waals surface area contributed by atoms with E-state index in [0.29, 0.717) is 23.5 Å². The Hall–Kier alpha value is -3.33. The number of nitrogens with zero attached hydrogens (tertiary/aromatic N) is 5. The number of nitrogens with one attached hydrogen (secondary N) is 2. The van der Waals surface area contributed by atoms with Gasteiger partial charge < -0.3 is 20.1 Å². The molecule has 0 fully saturated rings. The largest absolute Gasteiger partial charge is 0.351 e. The summed E-state index contributed by atoms with van der Waals surface area (Å²) in [5.41, 5.74) is 2.03. The number of aromatic nitrogens is 4. The number of hydrogen-bond donors (Lipinski definition) is 2. The Labute approximate surface area is 181 Å². The van der Waals surface area contributed by atoms with Crippen LogP contribution in [0.1, 0.15) is 36.1 Å². The van der Waals surface area contributed by atoms with E-state index in [0.717, 1.165) is 18.6 Å². The van der Waals surface area contributed by atoms with E-state index in [9.17, 15) is 9.18 Å². The quantitative estimate of drug-likeness (QED) is 0.575. The van der Waals surface area contributed by atoms with Crippen LogP contribution in [0.25, 0.3) is 11.4 Å². The van der Waals surface area contributed by atoms with Crippen LogP contribution in [0.3, 0.4) is 0 Å². The number of benzene rings is 1. The van der Waals surface area contributed by atoms with Crippen molar-refractivity contribution in [2.45, 2.75) is 26.8 Å². The Morgan fingerprint density at radius 3 is 2.52 bits per heavy atom. The predicted octanol–water partition coefficient (Wildman–Crippen LogP) is 3.40. The van der Waals surface area contributed by atoms with Gasteiger partial charge in [0, 0.05) is 30.4 Å². The lowest BCUT2D eigenvalue weighted by Crippen LogP contribution is -2.31. The zero-order chi connectivity index (χ0) is 22.5. The fourth-order valence-corrected chi connectivity index (χ4v) is 3.22. The van der Waals surface area contributed by atoms with Crippen LogP contribution in [-0.4, -0.2) is 57.5 Å². The third-order valence-electron chi connectivity index (χ3n) is 4.73. The minimum atomic E-state index is -0.517. The first-order chi connectivity index (χ1) is 14.8. The summed E-state index contributed by atoms with van der Waals surface area (Å²) in [5, 5.41) is 5.94. The lowest BCUT2D eigenvalue weighted by molar-refractivity contribution is 0.0951. The van der Waals surface area contributed by atoms with Crippen LogP contribution in [0, 0.1) is 12.7 Å². The van der Waals surface area contributed by atoms with Gasteiger partial charge in [-0.3, -0.25) is 4.79 Å². The van der Waals surface area contributed by atoms with Crippen molar-refractivity contribution in [3.8, 4) is 11.4 Å². The molecule has 0 atom stereocenters. The second-order valence-electron chi connectivity index (χ2n) is 7.81. The molecule has 1 amide bonds. The maximum Gasteiger partial charge on any atom is 0.251 e. The monoisotopic (exact) mass is 425 g/mol. The zero-order valence-electron chi connectivity index (χ0n) is 18.5. The number of imidazole rings is 1. The van der Waals surface area contributed by atoms with Crippen molar-refractivity contribution >= 4 is 17.5 Å². The Morgan fingerprint density at radius 2 is 1.87 bits per heavy atom. The molecule has 2 aromatic heterocycles. The second kappa shape index (κ2) is 9.65. The molecular weight excluding hydrogens is 397 g/mol. The number of carbonyl (C=O) groups is 1. The molecule has 3 rings (SSSR count). The van der Waals surface area contributed by atoms with Crippen molar-refractivity contribution in [2.75, 3.05) is 32.5 Å². The average Bonchev–Trinajstić information content (AvgIpc) is 3.11. The van der Waals surface area contributed by atoms with Crippen molar-refractivity contribution in [1.29, 1.82) is 0 Å². The first kappa shape index (κ1) is 22.4. The van der Waals surface area contributed by atoms with Gasteiger partial charge in [-0.15, -0.1) is 0 Å². The molecule has 0 spiro atoms. The van der Waals surface area contributed by atoms with Crippen molar-refractivity contribution in [1.82, 2.24) is 29.7 Å². The molecule has 0 aliphatic carbocycles. The first-order valence-electron chi connectivity index (χ1n) is 10.1. The Bertz CT molecular complexity index is 1040. The third-order valence-corrected chi connectivity index (χ3v) is 4.73. The summed E-state index contributed by atoms with van der Waals surface area (Å²) in [6.07, 6.45) is 2.76. The average molecular weight is 426 g/mol. The number of likely N-dealkylation sites (N-methyl/N-ethyl adjacent to an activating group) is 1. The molecule has 0 unspecified atom stereocenters. The van der Waals surface area contributed by atoms with E-state index in [1.807, 2.05) is 44.3 Å². The first-order valence-corrected chi connectivity index (χ1v) is 10.1. The molecule has 2 heterocycles. The summed E-state index contributed by atoms with van der Waals surface area (Å²) in [6.45, 7) is 7.23. The Balaban J connectivity index is 1.75. The summed E-state index contributed by atoms with van der Waals surface area (Å²) in [7, 11) is 3.90. The summed E-state index contributed by atoms with van der Waals surface area (Å²) < 4.78 is 16.4. The van der Waals surface area contributed by atoms with Crippen LogP contribution >= 0.6 is 0 Å². The predicted molar refractivity (Wildman–Crippen MR) is 119 cm³/mol. The molecular formula is C22H28FN7O. The molecule has 1 aromatic carbocycles. The van der Waals surface area contributed by atoms with E-state index in [2.05, 4.69) is 25.6 Å². The number of hydrogen-bond acceptors (Lipinski definition) is 6. The topological polar surface area (TPSA) is 88.0 Å². The van der Waals surface area contributed by atoms with E-state index in [1.165, 1.54) is 0 Å². The van der Waals surface area contributed by atoms with Crippen LogP contribution < -0.4 is 10.6 Å². The maximum absolute atomic E-state index is 14.5. The highest BCUT2D eigenvalue weighted by Crippen LogP contribution is 2.26. The summed E-state index contributed by atoms with van der Waals surface area (Å²) in [4.78, 5) is 26.9. The number of aryl methyl sites for hydroxylation is 1. The van der Waals surface area contributed by atoms with Gasteiger partial charge in [0.25, 0.3) is 5.91 Å². The summed E-state index contributed by atoms with van der Waals surface area (Å²) in [5.74, 6) is 0.397. The molecule has 31 heavy (non-hydrogen) atoms. The van der Waals surface area contributed by atoms with Crippen LogP contribution in [-0.2, 0) is 0 Å². The van der Waals surface area contributed by atoms with Gasteiger partial charge in [0.05, 0.1) is 18.1 Å². The van der Waals surface area contributed by atoms with Gasteiger partial charge in [-0.25, -0.2) is 19.3 Å². The normalized spacial score (nSPS) is 11.2. The van der Waals surface area contributed by atoms with Crippen LogP contribution in [0.15, 0.2) is 36.7 Å². The molecule has 0 saturated heterocycles. The van der Waals surface area contributed by atoms with Gasteiger partial charge in [0.1, 0.15) is 11.5 Å². The van der Waals surface area contributed by atoms with Crippen LogP contribution in [0.2, 0.25) is 0 Å². The second-order valence-corrected chi connectivity index (χ2v) is 7.81. The minimum absolute atomic E-state index is 0.111. The van der Waals surface area contributed by atoms with Gasteiger partial charge in [0.15, 0.2) is 5.82 Å². The zero-order valence-corrected chi connectivity index (χ0v) is 18.5. The van der Waals surface area contributed by atoms with Gasteiger partial charge in [-0.1, -0.05) is 0 Å². The molecule has 0 aliphatic heterocycles. The van der Waals surface area contributed by atoms with Crippen molar-refractivity contribution in [3.05, 3.63) is 53.9 Å². The summed E-state index contributed by atoms with van der Waals surface area (Å²) >= 11 is 0. The number of rotatable bonds is 8. The Kier molecular flexibility index (Phi) is 6.96. The highest BCUT2D eigenvalue weighted by atomic mass is 19.1. The van der Waals surface area contributed by atoms with Gasteiger partial charge in [-0.2, -0.15) is 0 Å². The molecule has 0 bridgehead atoms. The molecule has 9 heteroatoms. The molecule has 0 radical (unpaired) electrons. The van der Waals surface area contributed by atoms with E-state index in [1.54, 1.807) is 30.5 Å². The molecule has 164 valence electrons. The van der Waals surface area contributed by atoms with Crippen LogP contribution in [0.4, 0.5) is 16.0 Å². The van der Waals surface area contributed by atoms with Gasteiger partial charge >= 0.3 is 0 Å². The lowest BCUT2D eigenvalue weighted by atomic mass is 10.2. The smallest absolute Gasteiger partial charge is 0.251 e. The molecule has 3 aromatic rings. The highest BCUT2D eigenvalue weighted by molar-refractivity contribution is 5.94. The van der Waals surface area contributed by atoms with E-state index in [4.69, 9.17) is 0 Å². The number of carbonyl (C=O) groups excluding carboxylic acids is 1. The van der Waals surface area contributed by atoms with Crippen molar-refractivity contribution in [3.63, 3.8) is 0 Å². The Morgan fingerprint density at radius 1 is 1.16 bits per heavy atom. The van der Waals surface area contributed by atoms with Gasteiger partial charge in [-0.05, 0) is 59.1 Å². The van der Waals surface area contributed by atoms with E-state index < -0.39 is 5.82 Å². The lowest BCUT2D eigenvalue weighted by Gasteiger charge is -2.14. The van der Waals surface area contributed by atoms with Crippen LogP contribution in [0.5, 0.6) is 0 Å². The molecule has 0 aliphatic rings. The molecule has 2 N–H and O–H groups in total. The molecule has 0 saturated carbocycles. The minimum Gasteiger partial charge on any atom is -0.351 e. The molecule has 8 nitrogen and oxygen atoms in total. The highest BCUT2D eigenvalue weighted by Gasteiger charge is 2.18. The van der Waals surface area contributed by atoms with E-state index in [-0.39, 0.29) is 23.6 Å². The van der Waals surface area contributed by atoms with E-state index >= 15 is 0 Å². The summed E-state index contributed by atoms with van der Waals surface area (Å²) in [6, 6.07) is 7.06. The maximum atomic E-state index is 14.5. The number of anilines is 2. The standard InChI is InChI=1S/C22H28FN7O/c1-14(2)30-15(3)25-13-19(30)20-18(23)12-26-22(28-20)27-17-8-6-16(7-9-17)21(31)24-10-11-29(4)5/h6-9,12-14H,10-11H2,1-5H3,(H,24,31)(H,26,27,28). The number of amides is 1. The van der Waals surface area contributed by atoms with Gasteiger partial charge in [0.2, 0.25) is 5.95 Å². The van der Waals surface area contributed by atoms with Crippen molar-refractivity contribution < 1.29 is 9.18 Å². The fourth-order valence-electron chi connectivity index (χ4n) is 3.22. The number of halogens is 1.